The molecule has 6 nitrogen and oxygen atoms in total. The molecule has 0 aromatic heterocycles. The molecule has 0 amide bonds. The molecule has 0 radical (unpaired) electrons. The zero-order valence-electron chi connectivity index (χ0n) is 10.3. The second-order valence-corrected chi connectivity index (χ2v) is 4.19. The van der Waals surface area contributed by atoms with Crippen LogP contribution in [0.3, 0.4) is 0 Å². The first-order valence-electron chi connectivity index (χ1n) is 4.40. The summed E-state index contributed by atoms with van der Waals surface area (Å²) in [6.45, 7) is 15.3. The molecule has 1 fully saturated rings. The number of rotatable bonds is 0. The third-order valence-corrected chi connectivity index (χ3v) is 1.12. The molecule has 1 aliphatic rings. The van der Waals surface area contributed by atoms with Crippen LogP contribution in [0, 0.1) is 27.9 Å². The first kappa shape index (κ1) is 24.1. The zero-order valence-corrected chi connectivity index (χ0v) is 10.3. The molecule has 0 spiro atoms. The molecule has 16 heavy (non-hydrogen) atoms. The quantitative estimate of drug-likeness (QED) is 0.359. The Labute approximate surface area is 95.6 Å². The van der Waals surface area contributed by atoms with E-state index in [9.17, 15) is 4.79 Å². The van der Waals surface area contributed by atoms with Crippen LogP contribution in [-0.2, 0) is 14.2 Å². The Bertz CT molecular complexity index is 182. The first-order chi connectivity index (χ1) is 6.86. The standard InChI is InChI=1S/C5H8O2.C4H10.CO.O2.H2O/c1-5(2)3-7-4(5)6;1-4(2)3;2*1-2;/h3H2,1-2H3;4H,1-3H3;;;1H2. The van der Waals surface area contributed by atoms with Gasteiger partial charge in [-0.05, 0) is 19.8 Å². The number of carbonyl (C=O) groups is 1. The van der Waals surface area contributed by atoms with E-state index in [4.69, 9.17) is 14.6 Å². The summed E-state index contributed by atoms with van der Waals surface area (Å²) in [7, 11) is 0. The zero-order chi connectivity index (χ0) is 13.1. The molecule has 6 heteroatoms. The molecular weight excluding hydrogens is 216 g/mol. The number of esters is 1. The minimum absolute atomic E-state index is 0. The van der Waals surface area contributed by atoms with Gasteiger partial charge in [-0.2, -0.15) is 0 Å². The molecule has 0 atom stereocenters. The molecule has 0 bridgehead atoms. The Balaban J connectivity index is -0.0000000702. The Kier molecular flexibility index (Phi) is 20.8. The number of hydrogen-bond donors (Lipinski definition) is 0. The number of cyclic esters (lactones) is 1. The van der Waals surface area contributed by atoms with Crippen LogP contribution in [0.1, 0.15) is 34.6 Å². The van der Waals surface area contributed by atoms with Gasteiger partial charge < -0.3 is 10.2 Å². The van der Waals surface area contributed by atoms with Gasteiger partial charge in [0.05, 0.1) is 5.41 Å². The fourth-order valence-corrected chi connectivity index (χ4v) is 0.420. The van der Waals surface area contributed by atoms with Crippen LogP contribution in [0.2, 0.25) is 0 Å². The van der Waals surface area contributed by atoms with Crippen molar-refractivity contribution < 1.29 is 19.7 Å². The molecule has 0 unspecified atom stereocenters. The third-order valence-electron chi connectivity index (χ3n) is 1.12. The van der Waals surface area contributed by atoms with Crippen molar-refractivity contribution in [3.8, 4) is 0 Å². The van der Waals surface area contributed by atoms with Gasteiger partial charge in [0.15, 0.2) is 0 Å². The van der Waals surface area contributed by atoms with Gasteiger partial charge in [-0.1, -0.05) is 20.8 Å². The maximum atomic E-state index is 10.3. The van der Waals surface area contributed by atoms with Crippen molar-refractivity contribution in [2.24, 2.45) is 11.3 Å². The predicted octanol–water partition coefficient (Wildman–Crippen LogP) is 1.44. The Morgan fingerprint density at radius 1 is 1.25 bits per heavy atom. The van der Waals surface area contributed by atoms with E-state index in [2.05, 4.69) is 32.2 Å². The monoisotopic (exact) mass is 236 g/mol. The summed E-state index contributed by atoms with van der Waals surface area (Å²) >= 11 is 0. The van der Waals surface area contributed by atoms with Crippen LogP contribution in [0.25, 0.3) is 0 Å². The van der Waals surface area contributed by atoms with Gasteiger partial charge in [0.25, 0.3) is 0 Å². The van der Waals surface area contributed by atoms with Gasteiger partial charge in [-0.3, -0.25) is 4.79 Å². The van der Waals surface area contributed by atoms with Gasteiger partial charge >= 0.3 is 17.3 Å². The molecule has 1 rings (SSSR count). The topological polar surface area (TPSA) is 112 Å². The fraction of sp³-hybridized carbons (Fsp3) is 0.800. The van der Waals surface area contributed by atoms with E-state index in [1.165, 1.54) is 0 Å². The summed E-state index contributed by atoms with van der Waals surface area (Å²) in [6, 6.07) is 0. The number of carbonyl (C=O) groups excluding carboxylic acids is 1. The summed E-state index contributed by atoms with van der Waals surface area (Å²) in [6.07, 6.45) is 0. The van der Waals surface area contributed by atoms with Gasteiger partial charge in [-0.25, -0.2) is 0 Å². The Hall–Kier alpha value is -1.23. The molecule has 0 aromatic carbocycles. The molecule has 2 N–H and O–H groups in total. The van der Waals surface area contributed by atoms with E-state index in [0.717, 1.165) is 5.92 Å². The van der Waals surface area contributed by atoms with Gasteiger partial charge in [0, 0.05) is 9.93 Å². The molecule has 96 valence electrons. The Morgan fingerprint density at radius 2 is 1.44 bits per heavy atom. The first-order valence-corrected chi connectivity index (χ1v) is 4.40. The van der Waals surface area contributed by atoms with Crippen molar-refractivity contribution in [1.82, 2.24) is 0 Å². The van der Waals surface area contributed by atoms with Crippen LogP contribution in [0.15, 0.2) is 0 Å². The van der Waals surface area contributed by atoms with E-state index >= 15 is 0 Å². The van der Waals surface area contributed by atoms with Gasteiger partial charge in [0.2, 0.25) is 0 Å². The second kappa shape index (κ2) is 13.8. The van der Waals surface area contributed by atoms with Gasteiger partial charge in [-0.15, -0.1) is 0 Å². The molecule has 0 aliphatic carbocycles. The summed E-state index contributed by atoms with van der Waals surface area (Å²) in [4.78, 5) is 24.3. The van der Waals surface area contributed by atoms with Crippen LogP contribution in [0.5, 0.6) is 0 Å². The average molecular weight is 236 g/mol. The van der Waals surface area contributed by atoms with Crippen LogP contribution in [0.4, 0.5) is 0 Å². The van der Waals surface area contributed by atoms with Crippen LogP contribution < -0.4 is 0 Å². The summed E-state index contributed by atoms with van der Waals surface area (Å²) in [5.74, 6) is 0.757. The number of ether oxygens (including phenoxy) is 1. The maximum absolute atomic E-state index is 10.3. The van der Waals surface area contributed by atoms with Crippen LogP contribution in [-0.4, -0.2) is 18.1 Å². The van der Waals surface area contributed by atoms with Crippen LogP contribution >= 0.6 is 0 Å². The van der Waals surface area contributed by atoms with E-state index < -0.39 is 0 Å². The molecule has 0 aromatic rings. The minimum atomic E-state index is -0.181. The summed E-state index contributed by atoms with van der Waals surface area (Å²) in [5.41, 5.74) is -0.181. The van der Waals surface area contributed by atoms with E-state index in [1.54, 1.807) is 0 Å². The van der Waals surface area contributed by atoms with E-state index in [1.807, 2.05) is 13.8 Å². The van der Waals surface area contributed by atoms with Crippen molar-refractivity contribution >= 4 is 5.97 Å². The molecule has 0 saturated carbocycles. The normalized spacial score (nSPS) is 13.9. The summed E-state index contributed by atoms with van der Waals surface area (Å²) < 4.78 is 12.0. The predicted molar refractivity (Wildman–Crippen MR) is 59.5 cm³/mol. The molecule has 1 aliphatic heterocycles. The van der Waals surface area contributed by atoms with Crippen molar-refractivity contribution in [2.75, 3.05) is 6.61 Å². The SMILES string of the molecule is CC(C)C.CC1(C)COC1=O.O.O=O.[C-]#[O+]. The van der Waals surface area contributed by atoms with Crippen molar-refractivity contribution in [2.45, 2.75) is 34.6 Å². The molecular formula is C10H20O6. The van der Waals surface area contributed by atoms with Gasteiger partial charge in [0.1, 0.15) is 6.61 Å². The summed E-state index contributed by atoms with van der Waals surface area (Å²) in [5, 5.41) is 0. The second-order valence-electron chi connectivity index (χ2n) is 4.19. The molecule has 1 heterocycles. The van der Waals surface area contributed by atoms with Crippen molar-refractivity contribution in [3.05, 3.63) is 16.6 Å². The molecule has 1 saturated heterocycles. The van der Waals surface area contributed by atoms with Crippen molar-refractivity contribution in [1.29, 1.82) is 0 Å². The number of hydrogen-bond acceptors (Lipinski definition) is 4. The average Bonchev–Trinajstić information content (AvgIpc) is 2.21. The van der Waals surface area contributed by atoms with E-state index in [0.29, 0.717) is 6.61 Å². The van der Waals surface area contributed by atoms with E-state index in [-0.39, 0.29) is 16.9 Å². The third kappa shape index (κ3) is 15.3. The van der Waals surface area contributed by atoms with Crippen molar-refractivity contribution in [3.63, 3.8) is 0 Å². The fourth-order valence-electron chi connectivity index (χ4n) is 0.420. The Morgan fingerprint density at radius 3 is 1.44 bits per heavy atom.